The highest BCUT2D eigenvalue weighted by atomic mass is 16.6. The summed E-state index contributed by atoms with van der Waals surface area (Å²) in [6.07, 6.45) is 1.73. The molecule has 4 aromatic carbocycles. The maximum atomic E-state index is 11.6. The molecule has 0 unspecified atom stereocenters. The summed E-state index contributed by atoms with van der Waals surface area (Å²) in [5.41, 5.74) is 14.3. The van der Waals surface area contributed by atoms with E-state index in [0.29, 0.717) is 25.0 Å². The van der Waals surface area contributed by atoms with E-state index in [1.807, 2.05) is 124 Å². The first kappa shape index (κ1) is 35.9. The van der Waals surface area contributed by atoms with Crippen LogP contribution in [-0.2, 0) is 22.6 Å². The van der Waals surface area contributed by atoms with E-state index in [9.17, 15) is 9.59 Å². The number of aldehydes is 1. The molecule has 0 saturated carbocycles. The number of benzene rings is 4. The minimum atomic E-state index is -0.442. The van der Waals surface area contributed by atoms with Gasteiger partial charge < -0.3 is 24.3 Å². The van der Waals surface area contributed by atoms with Crippen LogP contribution in [0, 0.1) is 0 Å². The predicted octanol–water partition coefficient (Wildman–Crippen LogP) is 8.12. The second kappa shape index (κ2) is 20.6. The molecule has 0 aliphatic heterocycles. The maximum absolute atomic E-state index is 11.6. The average Bonchev–Trinajstić information content (AvgIpc) is 3.08. The Hall–Kier alpha value is -5.31. The molecule has 4 aromatic rings. The van der Waals surface area contributed by atoms with Crippen molar-refractivity contribution in [3.05, 3.63) is 130 Å². The molecule has 1 amide bonds. The van der Waals surface area contributed by atoms with Crippen LogP contribution in [-0.4, -0.2) is 37.4 Å². The summed E-state index contributed by atoms with van der Waals surface area (Å²) in [4.78, 5) is 31.6. The number of hydrazine groups is 1. The van der Waals surface area contributed by atoms with Crippen molar-refractivity contribution in [2.45, 2.75) is 40.2 Å². The molecule has 0 aliphatic rings. The Bertz CT molecular complexity index is 1490. The highest BCUT2D eigenvalue weighted by Gasteiger charge is 2.14. The maximum Gasteiger partial charge on any atom is 0.410 e. The molecule has 0 aliphatic carbocycles. The monoisotopic (exact) mass is 610 g/mol. The number of carbonyl (C=O) groups is 2. The van der Waals surface area contributed by atoms with E-state index in [2.05, 4.69) is 10.2 Å². The smallest absolute Gasteiger partial charge is 0.410 e. The zero-order chi connectivity index (χ0) is 32.9. The van der Waals surface area contributed by atoms with Crippen molar-refractivity contribution < 1.29 is 19.2 Å². The lowest BCUT2D eigenvalue weighted by atomic mass is 9.97. The van der Waals surface area contributed by atoms with Crippen molar-refractivity contribution in [1.29, 1.82) is 0 Å². The van der Waals surface area contributed by atoms with E-state index in [1.165, 1.54) is 4.90 Å². The third kappa shape index (κ3) is 12.1. The van der Waals surface area contributed by atoms with Gasteiger partial charge in [-0.25, -0.2) is 10.6 Å². The first-order valence-corrected chi connectivity index (χ1v) is 14.8. The Morgan fingerprint density at radius 2 is 1.58 bits per heavy atom. The van der Waals surface area contributed by atoms with Crippen molar-refractivity contribution in [3.8, 4) is 16.9 Å². The Morgan fingerprint density at radius 3 is 2.18 bits per heavy atom. The fraction of sp³-hybridized carbons (Fsp3) is 0.257. The SMILES string of the molecule is CC.CCCN(CC=O)C(=O)OCc1ccccc1.CN(N)c1cccc(-c2cccc(Cc3ccccc3)c2ON=[N+]=[N-])c1. The van der Waals surface area contributed by atoms with Crippen molar-refractivity contribution in [1.82, 2.24) is 4.90 Å². The summed E-state index contributed by atoms with van der Waals surface area (Å²) in [6.45, 7) is 6.80. The van der Waals surface area contributed by atoms with Gasteiger partial charge in [0.25, 0.3) is 0 Å². The van der Waals surface area contributed by atoms with Gasteiger partial charge in [0.15, 0.2) is 0 Å². The molecule has 2 N–H and O–H groups in total. The third-order valence-corrected chi connectivity index (χ3v) is 6.32. The number of para-hydroxylation sites is 1. The average molecular weight is 611 g/mol. The van der Waals surface area contributed by atoms with Crippen LogP contribution in [0.25, 0.3) is 21.6 Å². The summed E-state index contributed by atoms with van der Waals surface area (Å²) >= 11 is 0. The Morgan fingerprint density at radius 1 is 0.933 bits per heavy atom. The normalized spacial score (nSPS) is 9.62. The van der Waals surface area contributed by atoms with E-state index in [4.69, 9.17) is 20.9 Å². The molecule has 10 heteroatoms. The molecular formula is C35H42N6O4. The Kier molecular flexibility index (Phi) is 16.4. The fourth-order valence-electron chi connectivity index (χ4n) is 4.25. The highest BCUT2D eigenvalue weighted by molar-refractivity contribution is 5.75. The van der Waals surface area contributed by atoms with Crippen LogP contribution in [0.15, 0.2) is 108 Å². The molecule has 4 rings (SSSR count). The van der Waals surface area contributed by atoms with Crippen molar-refractivity contribution in [2.24, 2.45) is 11.1 Å². The minimum absolute atomic E-state index is 0.0848. The van der Waals surface area contributed by atoms with Crippen LogP contribution < -0.4 is 15.7 Å². The van der Waals surface area contributed by atoms with Crippen molar-refractivity contribution in [2.75, 3.05) is 25.1 Å². The number of nitrogens with two attached hydrogens (primary N) is 1. The Labute approximate surface area is 265 Å². The van der Waals surface area contributed by atoms with Gasteiger partial charge in [-0.3, -0.25) is 0 Å². The number of hydrogen-bond acceptors (Lipinski definition) is 7. The van der Waals surface area contributed by atoms with E-state index in [0.717, 1.165) is 39.9 Å². The summed E-state index contributed by atoms with van der Waals surface area (Å²) in [6, 6.07) is 33.2. The molecular weight excluding hydrogens is 568 g/mol. The molecule has 0 atom stereocenters. The molecule has 0 radical (unpaired) electrons. The third-order valence-electron chi connectivity index (χ3n) is 6.32. The summed E-state index contributed by atoms with van der Waals surface area (Å²) < 4.78 is 5.12. The van der Waals surface area contributed by atoms with Gasteiger partial charge in [0.05, 0.1) is 12.2 Å². The largest absolute Gasteiger partial charge is 0.445 e. The summed E-state index contributed by atoms with van der Waals surface area (Å²) in [7, 11) is 1.78. The van der Waals surface area contributed by atoms with Gasteiger partial charge in [-0.05, 0) is 40.8 Å². The molecule has 10 nitrogen and oxygen atoms in total. The van der Waals surface area contributed by atoms with Crippen LogP contribution in [0.2, 0.25) is 0 Å². The highest BCUT2D eigenvalue weighted by Crippen LogP contribution is 2.36. The second-order valence-electron chi connectivity index (χ2n) is 9.53. The van der Waals surface area contributed by atoms with Crippen LogP contribution in [0.1, 0.15) is 43.9 Å². The lowest BCUT2D eigenvalue weighted by Crippen LogP contribution is -2.33. The van der Waals surface area contributed by atoms with Gasteiger partial charge in [0.1, 0.15) is 23.9 Å². The van der Waals surface area contributed by atoms with Gasteiger partial charge in [-0.2, -0.15) is 0 Å². The molecule has 0 fully saturated rings. The number of ether oxygens (including phenoxy) is 1. The summed E-state index contributed by atoms with van der Waals surface area (Å²) in [5, 5.41) is 4.88. The van der Waals surface area contributed by atoms with Gasteiger partial charge >= 0.3 is 6.09 Å². The number of azide groups is 1. The molecule has 0 spiro atoms. The minimum Gasteiger partial charge on any atom is -0.445 e. The molecule has 0 heterocycles. The van der Waals surface area contributed by atoms with E-state index in [1.54, 1.807) is 12.1 Å². The van der Waals surface area contributed by atoms with Crippen LogP contribution in [0.5, 0.6) is 5.75 Å². The molecule has 0 aromatic heterocycles. The fourth-order valence-corrected chi connectivity index (χ4v) is 4.25. The number of carbonyl (C=O) groups excluding carboxylic acids is 2. The molecule has 45 heavy (non-hydrogen) atoms. The second-order valence-corrected chi connectivity index (χ2v) is 9.53. The molecule has 0 bridgehead atoms. The summed E-state index contributed by atoms with van der Waals surface area (Å²) in [5.74, 6) is 6.39. The van der Waals surface area contributed by atoms with Crippen molar-refractivity contribution >= 4 is 18.1 Å². The van der Waals surface area contributed by atoms with E-state index >= 15 is 0 Å². The first-order chi connectivity index (χ1) is 22.0. The lowest BCUT2D eigenvalue weighted by molar-refractivity contribution is -0.108. The van der Waals surface area contributed by atoms with E-state index < -0.39 is 6.09 Å². The number of anilines is 1. The topological polar surface area (TPSA) is 134 Å². The van der Waals surface area contributed by atoms with Crippen molar-refractivity contribution in [3.63, 3.8) is 0 Å². The molecule has 0 saturated heterocycles. The van der Waals surface area contributed by atoms with Crippen LogP contribution >= 0.6 is 0 Å². The zero-order valence-corrected chi connectivity index (χ0v) is 26.4. The first-order valence-electron chi connectivity index (χ1n) is 14.8. The Balaban J connectivity index is 0.000000323. The molecule has 236 valence electrons. The number of rotatable bonds is 12. The number of hydrogen-bond donors (Lipinski definition) is 1. The lowest BCUT2D eigenvalue weighted by Gasteiger charge is -2.18. The zero-order valence-electron chi connectivity index (χ0n) is 26.4. The van der Waals surface area contributed by atoms with Gasteiger partial charge in [-0.1, -0.05) is 112 Å². The number of amides is 1. The van der Waals surface area contributed by atoms with Crippen LogP contribution in [0.3, 0.4) is 0 Å². The quantitative estimate of drug-likeness (QED) is 0.0430. The standard InChI is InChI=1S/C20H19N5O.C13H17NO3.C2H6/c1-25(22)18-11-5-9-16(14-18)19-12-6-10-17(20(19)26-24-23-21)13-15-7-3-2-4-8-15;1-2-8-14(9-10-15)13(16)17-11-12-6-4-3-5-7-12;1-2/h2-12,14H,13,22H2,1H3;3-7,10H,2,8-9,11H2,1H3;1-2H3. The van der Waals surface area contributed by atoms with Gasteiger partial charge in [0.2, 0.25) is 0 Å². The number of nitrogens with zero attached hydrogens (tertiary/aromatic N) is 5. The van der Waals surface area contributed by atoms with E-state index in [-0.39, 0.29) is 13.2 Å². The predicted molar refractivity (Wildman–Crippen MR) is 179 cm³/mol. The van der Waals surface area contributed by atoms with Gasteiger partial charge in [-0.15, -0.1) is 0 Å². The van der Waals surface area contributed by atoms with Crippen LogP contribution in [0.4, 0.5) is 10.5 Å². The van der Waals surface area contributed by atoms with Gasteiger partial charge in [0, 0.05) is 36.1 Å².